The van der Waals surface area contributed by atoms with Gasteiger partial charge in [-0.25, -0.2) is 8.42 Å². The third-order valence-corrected chi connectivity index (χ3v) is 7.60. The zero-order chi connectivity index (χ0) is 21.3. The van der Waals surface area contributed by atoms with Crippen molar-refractivity contribution >= 4 is 10.0 Å². The van der Waals surface area contributed by atoms with Gasteiger partial charge in [0.15, 0.2) is 0 Å². The summed E-state index contributed by atoms with van der Waals surface area (Å²) in [5.41, 5.74) is 6.01. The van der Waals surface area contributed by atoms with Gasteiger partial charge >= 0.3 is 0 Å². The maximum absolute atomic E-state index is 13.2. The fourth-order valence-corrected chi connectivity index (χ4v) is 5.32. The van der Waals surface area contributed by atoms with Crippen LogP contribution in [0.25, 0.3) is 0 Å². The third kappa shape index (κ3) is 4.05. The minimum absolute atomic E-state index is 0.322. The molecule has 6 nitrogen and oxygen atoms in total. The summed E-state index contributed by atoms with van der Waals surface area (Å²) in [7, 11) is -1.65. The Morgan fingerprint density at radius 2 is 1.80 bits per heavy atom. The SMILES string of the molecule is Cc1ccc(S(=O)(=O)N2CCc3c(c(COCc4ccccc4)nn3C)C2)cc1C. The van der Waals surface area contributed by atoms with E-state index in [1.807, 2.05) is 62.0 Å². The molecule has 4 rings (SSSR count). The van der Waals surface area contributed by atoms with Crippen LogP contribution in [0.1, 0.15) is 33.6 Å². The van der Waals surface area contributed by atoms with Crippen molar-refractivity contribution in [3.8, 4) is 0 Å². The first-order chi connectivity index (χ1) is 14.4. The summed E-state index contributed by atoms with van der Waals surface area (Å²) in [6.45, 7) is 5.54. The summed E-state index contributed by atoms with van der Waals surface area (Å²) in [6.07, 6.45) is 0.640. The maximum atomic E-state index is 13.2. The molecule has 0 saturated heterocycles. The Kier molecular flexibility index (Phi) is 5.77. The van der Waals surface area contributed by atoms with Crippen LogP contribution in [-0.2, 0) is 48.0 Å². The quantitative estimate of drug-likeness (QED) is 0.606. The zero-order valence-electron chi connectivity index (χ0n) is 17.6. The normalized spacial score (nSPS) is 14.6. The molecule has 2 aromatic carbocycles. The first kappa shape index (κ1) is 20.8. The molecule has 158 valence electrons. The molecule has 0 unspecified atom stereocenters. The van der Waals surface area contributed by atoms with Crippen LogP contribution in [0.4, 0.5) is 0 Å². The van der Waals surface area contributed by atoms with E-state index in [0.29, 0.717) is 37.6 Å². The topological polar surface area (TPSA) is 64.4 Å². The summed E-state index contributed by atoms with van der Waals surface area (Å²) in [4.78, 5) is 0.347. The van der Waals surface area contributed by atoms with Crippen LogP contribution in [0.15, 0.2) is 53.4 Å². The van der Waals surface area contributed by atoms with Crippen LogP contribution in [0.2, 0.25) is 0 Å². The van der Waals surface area contributed by atoms with E-state index in [4.69, 9.17) is 4.74 Å². The second-order valence-corrected chi connectivity index (χ2v) is 9.75. The van der Waals surface area contributed by atoms with E-state index in [2.05, 4.69) is 5.10 Å². The molecule has 0 spiro atoms. The third-order valence-electron chi connectivity index (χ3n) is 5.76. The average molecular weight is 426 g/mol. The predicted molar refractivity (Wildman–Crippen MR) is 115 cm³/mol. The Morgan fingerprint density at radius 1 is 1.03 bits per heavy atom. The molecule has 1 aliphatic heterocycles. The van der Waals surface area contributed by atoms with Gasteiger partial charge in [0.25, 0.3) is 0 Å². The van der Waals surface area contributed by atoms with Crippen LogP contribution in [0.5, 0.6) is 0 Å². The largest absolute Gasteiger partial charge is 0.370 e. The summed E-state index contributed by atoms with van der Waals surface area (Å²) in [6, 6.07) is 15.3. The molecule has 0 fully saturated rings. The predicted octanol–water partition coefficient (Wildman–Crippen LogP) is 3.50. The van der Waals surface area contributed by atoms with E-state index >= 15 is 0 Å². The Morgan fingerprint density at radius 3 is 2.53 bits per heavy atom. The van der Waals surface area contributed by atoms with Gasteiger partial charge in [-0.15, -0.1) is 0 Å². The van der Waals surface area contributed by atoms with Crippen molar-refractivity contribution in [2.45, 2.75) is 44.9 Å². The van der Waals surface area contributed by atoms with E-state index in [-0.39, 0.29) is 0 Å². The Bertz CT molecular complexity index is 1150. The number of nitrogens with zero attached hydrogens (tertiary/aromatic N) is 3. The highest BCUT2D eigenvalue weighted by molar-refractivity contribution is 7.89. The van der Waals surface area contributed by atoms with Crippen LogP contribution in [0.3, 0.4) is 0 Å². The number of hydrogen-bond acceptors (Lipinski definition) is 4. The molecule has 1 aromatic heterocycles. The van der Waals surface area contributed by atoms with Crippen molar-refractivity contribution in [1.82, 2.24) is 14.1 Å². The number of ether oxygens (including phenoxy) is 1. The van der Waals surface area contributed by atoms with E-state index in [9.17, 15) is 8.42 Å². The second kappa shape index (κ2) is 8.34. The van der Waals surface area contributed by atoms with Crippen molar-refractivity contribution < 1.29 is 13.2 Å². The minimum atomic E-state index is -3.56. The fraction of sp³-hybridized carbons (Fsp3) is 0.348. The molecule has 3 aromatic rings. The van der Waals surface area contributed by atoms with Gasteiger partial charge in [-0.05, 0) is 42.7 Å². The second-order valence-electron chi connectivity index (χ2n) is 7.81. The lowest BCUT2D eigenvalue weighted by molar-refractivity contribution is 0.103. The van der Waals surface area contributed by atoms with Gasteiger partial charge in [-0.2, -0.15) is 9.40 Å². The van der Waals surface area contributed by atoms with Crippen molar-refractivity contribution in [2.24, 2.45) is 7.05 Å². The van der Waals surface area contributed by atoms with Crippen molar-refractivity contribution in [3.63, 3.8) is 0 Å². The number of aromatic nitrogens is 2. The average Bonchev–Trinajstić information content (AvgIpc) is 3.06. The number of hydrogen-bond donors (Lipinski definition) is 0. The number of rotatable bonds is 6. The molecular weight excluding hydrogens is 398 g/mol. The van der Waals surface area contributed by atoms with Crippen LogP contribution < -0.4 is 0 Å². The monoisotopic (exact) mass is 425 g/mol. The van der Waals surface area contributed by atoms with Gasteiger partial charge in [0.1, 0.15) is 0 Å². The molecule has 0 bridgehead atoms. The van der Waals surface area contributed by atoms with Crippen LogP contribution >= 0.6 is 0 Å². The first-order valence-electron chi connectivity index (χ1n) is 10.1. The van der Waals surface area contributed by atoms with Gasteiger partial charge < -0.3 is 4.74 Å². The molecular formula is C23H27N3O3S. The summed E-state index contributed by atoms with van der Waals surface area (Å²) < 4.78 is 35.8. The number of benzene rings is 2. The Balaban J connectivity index is 1.53. The summed E-state index contributed by atoms with van der Waals surface area (Å²) in [5, 5.41) is 4.61. The summed E-state index contributed by atoms with van der Waals surface area (Å²) >= 11 is 0. The molecule has 7 heteroatoms. The molecule has 30 heavy (non-hydrogen) atoms. The minimum Gasteiger partial charge on any atom is -0.370 e. The lowest BCUT2D eigenvalue weighted by atomic mass is 10.1. The Labute approximate surface area is 178 Å². The lowest BCUT2D eigenvalue weighted by Crippen LogP contribution is -2.36. The number of sulfonamides is 1. The van der Waals surface area contributed by atoms with Gasteiger partial charge in [-0.1, -0.05) is 36.4 Å². The molecule has 0 aliphatic carbocycles. The number of aryl methyl sites for hydroxylation is 3. The zero-order valence-corrected chi connectivity index (χ0v) is 18.4. The maximum Gasteiger partial charge on any atom is 0.243 e. The van der Waals surface area contributed by atoms with Crippen LogP contribution in [0, 0.1) is 13.8 Å². The fourth-order valence-electron chi connectivity index (χ4n) is 3.83. The molecule has 0 atom stereocenters. The molecule has 0 radical (unpaired) electrons. The van der Waals surface area contributed by atoms with Crippen molar-refractivity contribution in [2.75, 3.05) is 6.54 Å². The van der Waals surface area contributed by atoms with Crippen molar-refractivity contribution in [3.05, 3.63) is 82.2 Å². The van der Waals surface area contributed by atoms with Gasteiger partial charge in [-0.3, -0.25) is 4.68 Å². The van der Waals surface area contributed by atoms with Gasteiger partial charge in [0.2, 0.25) is 10.0 Å². The molecule has 1 aliphatic rings. The lowest BCUT2D eigenvalue weighted by Gasteiger charge is -2.27. The Hall–Kier alpha value is -2.48. The van der Waals surface area contributed by atoms with E-state index < -0.39 is 10.0 Å². The smallest absolute Gasteiger partial charge is 0.243 e. The van der Waals surface area contributed by atoms with Gasteiger partial charge in [0, 0.05) is 37.8 Å². The number of fused-ring (bicyclic) bond motifs is 1. The van der Waals surface area contributed by atoms with E-state index in [1.165, 1.54) is 0 Å². The highest BCUT2D eigenvalue weighted by Gasteiger charge is 2.32. The highest BCUT2D eigenvalue weighted by atomic mass is 32.2. The standard InChI is InChI=1S/C23H27N3O3S/c1-17-9-10-20(13-18(17)2)30(27,28)26-12-11-23-21(14-26)22(24-25(23)3)16-29-15-19-7-5-4-6-8-19/h4-10,13H,11-12,14-16H2,1-3H3. The highest BCUT2D eigenvalue weighted by Crippen LogP contribution is 2.28. The molecule has 0 N–H and O–H groups in total. The van der Waals surface area contributed by atoms with Crippen LogP contribution in [-0.4, -0.2) is 29.0 Å². The molecule has 0 amide bonds. The van der Waals surface area contributed by atoms with Crippen molar-refractivity contribution in [1.29, 1.82) is 0 Å². The first-order valence-corrected chi connectivity index (χ1v) is 11.5. The van der Waals surface area contributed by atoms with Gasteiger partial charge in [0.05, 0.1) is 23.8 Å². The molecule has 0 saturated carbocycles. The van der Waals surface area contributed by atoms with E-state index in [1.54, 1.807) is 16.4 Å². The molecule has 2 heterocycles. The van der Waals surface area contributed by atoms with E-state index in [0.717, 1.165) is 33.6 Å². The summed E-state index contributed by atoms with van der Waals surface area (Å²) in [5.74, 6) is 0.